The molecule has 138 valence electrons. The minimum absolute atomic E-state index is 0.0222. The molecule has 2 aliphatic rings. The molecule has 1 unspecified atom stereocenters. The quantitative estimate of drug-likeness (QED) is 0.524. The number of aryl methyl sites for hydroxylation is 1. The van der Waals surface area contributed by atoms with Crippen LogP contribution in [0, 0.1) is 0 Å². The van der Waals surface area contributed by atoms with Gasteiger partial charge in [-0.15, -0.1) is 0 Å². The Labute approximate surface area is 150 Å². The second kappa shape index (κ2) is 7.76. The average molecular weight is 360 g/mol. The number of nitrogens with zero attached hydrogens (tertiary/aromatic N) is 1. The Morgan fingerprint density at radius 3 is 2.62 bits per heavy atom. The lowest BCUT2D eigenvalue weighted by molar-refractivity contribution is -0.136. The van der Waals surface area contributed by atoms with E-state index >= 15 is 0 Å². The highest BCUT2D eigenvalue weighted by Crippen LogP contribution is 2.28. The highest BCUT2D eigenvalue weighted by atomic mass is 16.5. The van der Waals surface area contributed by atoms with Crippen LogP contribution in [0.25, 0.3) is 0 Å². The molecule has 0 aliphatic carbocycles. The molecule has 0 radical (unpaired) electrons. The van der Waals surface area contributed by atoms with E-state index in [1.165, 1.54) is 0 Å². The highest BCUT2D eigenvalue weighted by molar-refractivity contribution is 6.23. The van der Waals surface area contributed by atoms with Crippen LogP contribution in [0.3, 0.4) is 0 Å². The maximum atomic E-state index is 12.7. The molecule has 0 aromatic heterocycles. The van der Waals surface area contributed by atoms with Crippen LogP contribution in [0.2, 0.25) is 0 Å². The van der Waals surface area contributed by atoms with E-state index in [9.17, 15) is 19.2 Å². The standard InChI is InChI=1S/C18H20N2O6/c21-7-9-26-8-1-2-11-3-4-12-13(10-11)18(25)20(17(12)24)14-5-6-15(22)19-16(14)23/h3-4,10,14,21H,1-2,5-9H2,(H,19,22,23). The first-order valence-electron chi connectivity index (χ1n) is 8.56. The molecule has 1 atom stereocenters. The molecule has 8 heteroatoms. The van der Waals surface area contributed by atoms with Gasteiger partial charge in [0.15, 0.2) is 0 Å². The number of piperidine rings is 1. The lowest BCUT2D eigenvalue weighted by Gasteiger charge is -2.27. The van der Waals surface area contributed by atoms with E-state index in [0.29, 0.717) is 13.0 Å². The summed E-state index contributed by atoms with van der Waals surface area (Å²) in [6, 6.07) is 4.11. The van der Waals surface area contributed by atoms with Crippen molar-refractivity contribution in [3.63, 3.8) is 0 Å². The average Bonchev–Trinajstić information content (AvgIpc) is 2.86. The lowest BCUT2D eigenvalue weighted by Crippen LogP contribution is -2.54. The zero-order chi connectivity index (χ0) is 18.7. The molecule has 2 N–H and O–H groups in total. The third kappa shape index (κ3) is 3.51. The Kier molecular flexibility index (Phi) is 5.43. The maximum Gasteiger partial charge on any atom is 0.262 e. The molecule has 2 heterocycles. The molecule has 1 fully saturated rings. The topological polar surface area (TPSA) is 113 Å². The van der Waals surface area contributed by atoms with Crippen molar-refractivity contribution >= 4 is 23.6 Å². The van der Waals surface area contributed by atoms with Crippen molar-refractivity contribution in [1.29, 1.82) is 0 Å². The summed E-state index contributed by atoms with van der Waals surface area (Å²) in [6.07, 6.45) is 1.63. The minimum atomic E-state index is -0.949. The van der Waals surface area contributed by atoms with Gasteiger partial charge in [0.1, 0.15) is 6.04 Å². The summed E-state index contributed by atoms with van der Waals surface area (Å²) >= 11 is 0. The number of aliphatic hydroxyl groups excluding tert-OH is 1. The van der Waals surface area contributed by atoms with Crippen molar-refractivity contribution in [3.05, 3.63) is 34.9 Å². The van der Waals surface area contributed by atoms with E-state index in [1.54, 1.807) is 18.2 Å². The Morgan fingerprint density at radius 1 is 1.12 bits per heavy atom. The van der Waals surface area contributed by atoms with E-state index in [2.05, 4.69) is 5.32 Å². The number of hydrogen-bond donors (Lipinski definition) is 2. The number of amides is 4. The molecule has 0 bridgehead atoms. The zero-order valence-electron chi connectivity index (χ0n) is 14.2. The zero-order valence-corrected chi connectivity index (χ0v) is 14.2. The number of ether oxygens (including phenoxy) is 1. The second-order valence-electron chi connectivity index (χ2n) is 6.27. The van der Waals surface area contributed by atoms with Crippen LogP contribution in [-0.2, 0) is 20.7 Å². The van der Waals surface area contributed by atoms with Gasteiger partial charge in [0.25, 0.3) is 11.8 Å². The van der Waals surface area contributed by atoms with Crippen molar-refractivity contribution in [2.75, 3.05) is 19.8 Å². The molecular weight excluding hydrogens is 340 g/mol. The van der Waals surface area contributed by atoms with E-state index in [1.807, 2.05) is 0 Å². The fourth-order valence-corrected chi connectivity index (χ4v) is 3.22. The lowest BCUT2D eigenvalue weighted by atomic mass is 10.0. The van der Waals surface area contributed by atoms with E-state index in [0.717, 1.165) is 16.9 Å². The first-order chi connectivity index (χ1) is 12.5. The summed E-state index contributed by atoms with van der Waals surface area (Å²) in [5.74, 6) is -2.01. The van der Waals surface area contributed by atoms with E-state index in [4.69, 9.17) is 9.84 Å². The fourth-order valence-electron chi connectivity index (χ4n) is 3.22. The van der Waals surface area contributed by atoms with Crippen molar-refractivity contribution in [2.45, 2.75) is 31.7 Å². The summed E-state index contributed by atoms with van der Waals surface area (Å²) in [6.45, 7) is 0.761. The van der Waals surface area contributed by atoms with Crippen LogP contribution in [0.1, 0.15) is 45.5 Å². The number of carbonyl (C=O) groups excluding carboxylic acids is 4. The third-order valence-corrected chi connectivity index (χ3v) is 4.49. The van der Waals surface area contributed by atoms with Gasteiger partial charge in [-0.1, -0.05) is 6.07 Å². The number of aliphatic hydroxyl groups is 1. The van der Waals surface area contributed by atoms with Gasteiger partial charge >= 0.3 is 0 Å². The van der Waals surface area contributed by atoms with Gasteiger partial charge in [0.05, 0.1) is 24.3 Å². The summed E-state index contributed by atoms with van der Waals surface area (Å²) in [5, 5.41) is 10.8. The largest absolute Gasteiger partial charge is 0.394 e. The van der Waals surface area contributed by atoms with Gasteiger partial charge in [0.2, 0.25) is 11.8 Å². The third-order valence-electron chi connectivity index (χ3n) is 4.49. The predicted molar refractivity (Wildman–Crippen MR) is 89.3 cm³/mol. The Balaban J connectivity index is 1.71. The van der Waals surface area contributed by atoms with E-state index < -0.39 is 29.7 Å². The van der Waals surface area contributed by atoms with Crippen molar-refractivity contribution in [3.8, 4) is 0 Å². The Morgan fingerprint density at radius 2 is 1.88 bits per heavy atom. The fraction of sp³-hybridized carbons (Fsp3) is 0.444. The molecule has 2 aliphatic heterocycles. The van der Waals surface area contributed by atoms with Gasteiger partial charge in [-0.05, 0) is 37.0 Å². The number of hydrogen-bond acceptors (Lipinski definition) is 6. The molecule has 0 spiro atoms. The first kappa shape index (κ1) is 18.2. The Bertz CT molecular complexity index is 760. The molecule has 0 saturated carbocycles. The molecule has 1 aromatic rings. The number of rotatable bonds is 7. The van der Waals surface area contributed by atoms with Crippen LogP contribution >= 0.6 is 0 Å². The Hall–Kier alpha value is -2.58. The summed E-state index contributed by atoms with van der Waals surface area (Å²) in [7, 11) is 0. The van der Waals surface area contributed by atoms with Gasteiger partial charge in [-0.2, -0.15) is 0 Å². The molecule has 1 aromatic carbocycles. The van der Waals surface area contributed by atoms with Gasteiger partial charge in [-0.3, -0.25) is 29.4 Å². The number of carbonyl (C=O) groups is 4. The molecule has 8 nitrogen and oxygen atoms in total. The van der Waals surface area contributed by atoms with Crippen LogP contribution < -0.4 is 5.32 Å². The van der Waals surface area contributed by atoms with Crippen LogP contribution in [0.5, 0.6) is 0 Å². The first-order valence-corrected chi connectivity index (χ1v) is 8.56. The monoisotopic (exact) mass is 360 g/mol. The number of benzene rings is 1. The van der Waals surface area contributed by atoms with Crippen LogP contribution in [0.15, 0.2) is 18.2 Å². The highest BCUT2D eigenvalue weighted by Gasteiger charge is 2.44. The van der Waals surface area contributed by atoms with Crippen LogP contribution in [0.4, 0.5) is 0 Å². The predicted octanol–water partition coefficient (Wildman–Crippen LogP) is 0.0293. The normalized spacial score (nSPS) is 19.7. The van der Waals surface area contributed by atoms with Crippen molar-refractivity contribution < 1.29 is 29.0 Å². The molecule has 4 amide bonds. The number of imide groups is 2. The summed E-state index contributed by atoms with van der Waals surface area (Å²) < 4.78 is 5.20. The molecule has 1 saturated heterocycles. The second-order valence-corrected chi connectivity index (χ2v) is 6.27. The van der Waals surface area contributed by atoms with Gasteiger partial charge < -0.3 is 9.84 Å². The maximum absolute atomic E-state index is 12.7. The van der Waals surface area contributed by atoms with Gasteiger partial charge in [0, 0.05) is 13.0 Å². The minimum Gasteiger partial charge on any atom is -0.394 e. The van der Waals surface area contributed by atoms with E-state index in [-0.39, 0.29) is 37.2 Å². The summed E-state index contributed by atoms with van der Waals surface area (Å²) in [5.41, 5.74) is 1.45. The van der Waals surface area contributed by atoms with Crippen LogP contribution in [-0.4, -0.2) is 59.5 Å². The summed E-state index contributed by atoms with van der Waals surface area (Å²) in [4.78, 5) is 49.5. The molecule has 26 heavy (non-hydrogen) atoms. The SMILES string of the molecule is O=C1CCC(N2C(=O)c3ccc(CCCOCCO)cc3C2=O)C(=O)N1. The molecule has 3 rings (SSSR count). The number of nitrogens with one attached hydrogen (secondary N) is 1. The van der Waals surface area contributed by atoms with Crippen molar-refractivity contribution in [2.24, 2.45) is 0 Å². The van der Waals surface area contributed by atoms with Crippen molar-refractivity contribution in [1.82, 2.24) is 10.2 Å². The smallest absolute Gasteiger partial charge is 0.262 e. The van der Waals surface area contributed by atoms with Gasteiger partial charge in [-0.25, -0.2) is 0 Å². The molecular formula is C18H20N2O6. The number of fused-ring (bicyclic) bond motifs is 1.